The number of amides is 1. The number of carbonyl (C=O) groups is 1. The number of imidazole rings is 1. The molecular formula is C17H19ClF3N3O. The van der Waals surface area contributed by atoms with Crippen LogP contribution in [-0.4, -0.2) is 21.3 Å². The van der Waals surface area contributed by atoms with Crippen molar-refractivity contribution in [3.8, 4) is 0 Å². The molecule has 1 saturated carbocycles. The number of rotatable bonds is 2. The van der Waals surface area contributed by atoms with E-state index in [1.165, 1.54) is 0 Å². The van der Waals surface area contributed by atoms with Crippen molar-refractivity contribution in [2.24, 2.45) is 0 Å². The van der Waals surface area contributed by atoms with Gasteiger partial charge in [0.15, 0.2) is 5.65 Å². The van der Waals surface area contributed by atoms with Gasteiger partial charge in [0.05, 0.1) is 16.3 Å². The molecule has 2 heterocycles. The highest BCUT2D eigenvalue weighted by atomic mass is 35.5. The number of hydrogen-bond donors (Lipinski definition) is 1. The highest BCUT2D eigenvalue weighted by Crippen LogP contribution is 2.33. The number of aryl methyl sites for hydroxylation is 1. The molecule has 0 bridgehead atoms. The fourth-order valence-corrected chi connectivity index (χ4v) is 3.57. The molecule has 25 heavy (non-hydrogen) atoms. The standard InChI is InChI=1S/C17H19ClF3N3O/c1-10-14(16(25)23-12-6-4-2-3-5-7-12)24-9-11(17(19,20)21)8-13(18)15(24)22-10/h8-9,12H,2-7H2,1H3,(H,23,25). The lowest BCUT2D eigenvalue weighted by Gasteiger charge is -2.16. The van der Waals surface area contributed by atoms with Gasteiger partial charge in [0.1, 0.15) is 5.69 Å². The Labute approximate surface area is 148 Å². The van der Waals surface area contributed by atoms with E-state index in [0.29, 0.717) is 5.69 Å². The number of fused-ring (bicyclic) bond motifs is 1. The number of halogens is 4. The van der Waals surface area contributed by atoms with Gasteiger partial charge in [-0.2, -0.15) is 13.2 Å². The van der Waals surface area contributed by atoms with E-state index >= 15 is 0 Å². The van der Waals surface area contributed by atoms with Gasteiger partial charge in [-0.3, -0.25) is 9.20 Å². The SMILES string of the molecule is Cc1nc2c(Cl)cc(C(F)(F)F)cn2c1C(=O)NC1CCCCCC1. The van der Waals surface area contributed by atoms with Crippen LogP contribution in [0.15, 0.2) is 12.3 Å². The first-order chi connectivity index (χ1) is 11.8. The topological polar surface area (TPSA) is 46.4 Å². The van der Waals surface area contributed by atoms with Gasteiger partial charge in [-0.05, 0) is 25.8 Å². The second-order valence-corrected chi connectivity index (χ2v) is 6.88. The monoisotopic (exact) mass is 373 g/mol. The zero-order chi connectivity index (χ0) is 18.2. The van der Waals surface area contributed by atoms with Crippen LogP contribution >= 0.6 is 11.6 Å². The maximum absolute atomic E-state index is 13.1. The average molecular weight is 374 g/mol. The van der Waals surface area contributed by atoms with Gasteiger partial charge in [0.25, 0.3) is 5.91 Å². The molecule has 1 N–H and O–H groups in total. The van der Waals surface area contributed by atoms with Crippen molar-refractivity contribution in [1.29, 1.82) is 0 Å². The van der Waals surface area contributed by atoms with Crippen LogP contribution in [0.2, 0.25) is 5.02 Å². The van der Waals surface area contributed by atoms with E-state index in [1.807, 2.05) is 0 Å². The molecular weight excluding hydrogens is 355 g/mol. The maximum Gasteiger partial charge on any atom is 0.417 e. The number of carbonyl (C=O) groups excluding carboxylic acids is 1. The zero-order valence-electron chi connectivity index (χ0n) is 13.8. The minimum absolute atomic E-state index is 0.0428. The Morgan fingerprint density at radius 2 is 1.92 bits per heavy atom. The lowest BCUT2D eigenvalue weighted by Crippen LogP contribution is -2.35. The Kier molecular flexibility index (Phi) is 4.95. The fraction of sp³-hybridized carbons (Fsp3) is 0.529. The molecule has 136 valence electrons. The third-order valence-electron chi connectivity index (χ3n) is 4.58. The molecule has 1 amide bonds. The third kappa shape index (κ3) is 3.76. The molecule has 3 rings (SSSR count). The van der Waals surface area contributed by atoms with Crippen molar-refractivity contribution in [2.45, 2.75) is 57.7 Å². The van der Waals surface area contributed by atoms with Gasteiger partial charge >= 0.3 is 6.18 Å². The highest BCUT2D eigenvalue weighted by Gasteiger charge is 2.33. The van der Waals surface area contributed by atoms with Crippen molar-refractivity contribution in [3.63, 3.8) is 0 Å². The summed E-state index contributed by atoms with van der Waals surface area (Å²) in [6, 6.07) is 0.872. The summed E-state index contributed by atoms with van der Waals surface area (Å²) in [4.78, 5) is 16.9. The lowest BCUT2D eigenvalue weighted by molar-refractivity contribution is -0.137. The summed E-state index contributed by atoms with van der Waals surface area (Å²) in [5.74, 6) is -0.410. The van der Waals surface area contributed by atoms with Gasteiger partial charge in [0, 0.05) is 12.2 Å². The van der Waals surface area contributed by atoms with Crippen LogP contribution < -0.4 is 5.32 Å². The van der Waals surface area contributed by atoms with E-state index in [1.54, 1.807) is 6.92 Å². The van der Waals surface area contributed by atoms with Crippen LogP contribution in [0.1, 0.15) is 60.3 Å². The Bertz CT molecular complexity index is 793. The van der Waals surface area contributed by atoms with Gasteiger partial charge < -0.3 is 5.32 Å². The van der Waals surface area contributed by atoms with Crippen LogP contribution in [0.25, 0.3) is 5.65 Å². The summed E-state index contributed by atoms with van der Waals surface area (Å²) in [5, 5.41) is 2.81. The van der Waals surface area contributed by atoms with E-state index in [2.05, 4.69) is 10.3 Å². The molecule has 0 saturated heterocycles. The summed E-state index contributed by atoms with van der Waals surface area (Å²) in [6.07, 6.45) is 2.47. The van der Waals surface area contributed by atoms with Crippen LogP contribution in [-0.2, 0) is 6.18 Å². The van der Waals surface area contributed by atoms with Crippen LogP contribution in [0, 0.1) is 6.92 Å². The summed E-state index contributed by atoms with van der Waals surface area (Å²) < 4.78 is 40.3. The zero-order valence-corrected chi connectivity index (χ0v) is 14.5. The Morgan fingerprint density at radius 3 is 2.52 bits per heavy atom. The van der Waals surface area contributed by atoms with E-state index in [9.17, 15) is 18.0 Å². The molecule has 8 heteroatoms. The largest absolute Gasteiger partial charge is 0.417 e. The minimum Gasteiger partial charge on any atom is -0.348 e. The van der Waals surface area contributed by atoms with Crippen molar-refractivity contribution >= 4 is 23.2 Å². The molecule has 0 aliphatic heterocycles. The van der Waals surface area contributed by atoms with Crippen molar-refractivity contribution < 1.29 is 18.0 Å². The summed E-state index contributed by atoms with van der Waals surface area (Å²) >= 11 is 5.96. The van der Waals surface area contributed by atoms with Crippen LogP contribution in [0.5, 0.6) is 0 Å². The first-order valence-electron chi connectivity index (χ1n) is 8.33. The maximum atomic E-state index is 13.1. The number of alkyl halides is 3. The molecule has 0 radical (unpaired) electrons. The number of hydrogen-bond acceptors (Lipinski definition) is 2. The smallest absolute Gasteiger partial charge is 0.348 e. The molecule has 0 spiro atoms. The molecule has 0 atom stereocenters. The summed E-state index contributed by atoms with van der Waals surface area (Å²) in [7, 11) is 0. The molecule has 4 nitrogen and oxygen atoms in total. The van der Waals surface area contributed by atoms with Gasteiger partial charge in [0.2, 0.25) is 0 Å². The number of pyridine rings is 1. The van der Waals surface area contributed by atoms with Crippen LogP contribution in [0.4, 0.5) is 13.2 Å². The van der Waals surface area contributed by atoms with Crippen LogP contribution in [0.3, 0.4) is 0 Å². The Hall–Kier alpha value is -1.76. The Morgan fingerprint density at radius 1 is 1.28 bits per heavy atom. The molecule has 1 aliphatic rings. The van der Waals surface area contributed by atoms with Crippen molar-refractivity contribution in [3.05, 3.63) is 34.2 Å². The van der Waals surface area contributed by atoms with E-state index < -0.39 is 17.6 Å². The number of aromatic nitrogens is 2. The second kappa shape index (κ2) is 6.86. The average Bonchev–Trinajstić information content (AvgIpc) is 2.68. The van der Waals surface area contributed by atoms with E-state index in [-0.39, 0.29) is 22.4 Å². The number of nitrogens with zero attached hydrogens (tertiary/aromatic N) is 2. The predicted molar refractivity (Wildman–Crippen MR) is 88.9 cm³/mol. The first-order valence-corrected chi connectivity index (χ1v) is 8.71. The molecule has 0 aromatic carbocycles. The minimum atomic E-state index is -4.55. The lowest BCUT2D eigenvalue weighted by atomic mass is 10.1. The predicted octanol–water partition coefficient (Wildman–Crippen LogP) is 4.77. The highest BCUT2D eigenvalue weighted by molar-refractivity contribution is 6.33. The molecule has 1 aliphatic carbocycles. The summed E-state index contributed by atoms with van der Waals surface area (Å²) in [5.41, 5.74) is -0.302. The summed E-state index contributed by atoms with van der Waals surface area (Å²) in [6.45, 7) is 1.60. The molecule has 0 unspecified atom stereocenters. The van der Waals surface area contributed by atoms with Crippen molar-refractivity contribution in [2.75, 3.05) is 0 Å². The first kappa shape index (κ1) is 18.0. The molecule has 1 fully saturated rings. The van der Waals surface area contributed by atoms with Gasteiger partial charge in [-0.15, -0.1) is 0 Å². The normalized spacial score (nSPS) is 16.8. The van der Waals surface area contributed by atoms with E-state index in [0.717, 1.165) is 55.2 Å². The Balaban J connectivity index is 1.98. The second-order valence-electron chi connectivity index (χ2n) is 6.48. The quantitative estimate of drug-likeness (QED) is 0.771. The third-order valence-corrected chi connectivity index (χ3v) is 4.86. The molecule has 2 aromatic heterocycles. The van der Waals surface area contributed by atoms with Gasteiger partial charge in [-0.25, -0.2) is 4.98 Å². The van der Waals surface area contributed by atoms with E-state index in [4.69, 9.17) is 11.6 Å². The van der Waals surface area contributed by atoms with Crippen molar-refractivity contribution in [1.82, 2.24) is 14.7 Å². The fourth-order valence-electron chi connectivity index (χ4n) is 3.32. The number of nitrogens with one attached hydrogen (secondary N) is 1. The van der Waals surface area contributed by atoms with Gasteiger partial charge in [-0.1, -0.05) is 37.3 Å². The molecule has 2 aromatic rings.